The van der Waals surface area contributed by atoms with Gasteiger partial charge < -0.3 is 4.90 Å². The molecule has 0 aliphatic heterocycles. The van der Waals surface area contributed by atoms with Crippen LogP contribution >= 0.6 is 11.6 Å². The molecule has 0 spiro atoms. The Hall–Kier alpha value is -2.04. The van der Waals surface area contributed by atoms with Crippen molar-refractivity contribution < 1.29 is 9.63 Å². The monoisotopic (exact) mass is 304 g/mol. The second kappa shape index (κ2) is 7.67. The second-order valence-corrected chi connectivity index (χ2v) is 5.04. The Balaban J connectivity index is 1.79. The van der Waals surface area contributed by atoms with E-state index in [1.807, 2.05) is 48.5 Å². The molecule has 0 aliphatic carbocycles. The number of nitrogens with zero attached hydrogens (tertiary/aromatic N) is 1. The first-order valence-corrected chi connectivity index (χ1v) is 6.95. The van der Waals surface area contributed by atoms with Crippen LogP contribution in [0.3, 0.4) is 0 Å². The summed E-state index contributed by atoms with van der Waals surface area (Å²) in [6.45, 7) is 0.743. The van der Waals surface area contributed by atoms with E-state index in [4.69, 9.17) is 16.4 Å². The zero-order valence-electron chi connectivity index (χ0n) is 11.8. The van der Waals surface area contributed by atoms with Crippen molar-refractivity contribution >= 4 is 17.6 Å². The first kappa shape index (κ1) is 15.4. The standard InChI is InChI=1S/C16H17ClN2O2/c1-19(11-14-9-5-6-10-15(14)17)16(20)18-21-12-13-7-3-2-4-8-13/h2-10H,11-12H2,1H3,(H,18,20). The summed E-state index contributed by atoms with van der Waals surface area (Å²) in [7, 11) is 1.69. The number of rotatable bonds is 5. The van der Waals surface area contributed by atoms with Crippen LogP contribution in [0, 0.1) is 0 Å². The lowest BCUT2D eigenvalue weighted by molar-refractivity contribution is 0.0382. The molecule has 0 aromatic heterocycles. The van der Waals surface area contributed by atoms with Crippen LogP contribution in [0.1, 0.15) is 11.1 Å². The highest BCUT2D eigenvalue weighted by Crippen LogP contribution is 2.16. The Morgan fingerprint density at radius 3 is 2.52 bits per heavy atom. The first-order chi connectivity index (χ1) is 10.2. The topological polar surface area (TPSA) is 41.6 Å². The van der Waals surface area contributed by atoms with Crippen LogP contribution in [-0.4, -0.2) is 18.0 Å². The zero-order chi connectivity index (χ0) is 15.1. The molecule has 2 aromatic rings. The molecule has 110 valence electrons. The van der Waals surface area contributed by atoms with Crippen molar-refractivity contribution in [1.82, 2.24) is 10.4 Å². The maximum absolute atomic E-state index is 11.9. The summed E-state index contributed by atoms with van der Waals surface area (Å²) < 4.78 is 0. The number of carbonyl (C=O) groups is 1. The SMILES string of the molecule is CN(Cc1ccccc1Cl)C(=O)NOCc1ccccc1. The van der Waals surface area contributed by atoms with Gasteiger partial charge in [-0.2, -0.15) is 0 Å². The second-order valence-electron chi connectivity index (χ2n) is 4.63. The predicted octanol–water partition coefficient (Wildman–Crippen LogP) is 3.61. The van der Waals surface area contributed by atoms with Gasteiger partial charge in [0.2, 0.25) is 0 Å². The van der Waals surface area contributed by atoms with Crippen LogP contribution in [0.4, 0.5) is 4.79 Å². The number of urea groups is 1. The van der Waals surface area contributed by atoms with Gasteiger partial charge in [0, 0.05) is 18.6 Å². The van der Waals surface area contributed by atoms with Gasteiger partial charge in [0.25, 0.3) is 0 Å². The van der Waals surface area contributed by atoms with E-state index in [1.165, 1.54) is 4.90 Å². The molecule has 0 radical (unpaired) electrons. The van der Waals surface area contributed by atoms with Crippen LogP contribution in [0.25, 0.3) is 0 Å². The van der Waals surface area contributed by atoms with Gasteiger partial charge in [0.1, 0.15) is 0 Å². The predicted molar refractivity (Wildman–Crippen MR) is 82.7 cm³/mol. The molecule has 2 rings (SSSR count). The maximum atomic E-state index is 11.9. The van der Waals surface area contributed by atoms with Crippen LogP contribution in [0.5, 0.6) is 0 Å². The van der Waals surface area contributed by atoms with E-state index in [-0.39, 0.29) is 6.03 Å². The number of hydroxylamine groups is 1. The third kappa shape index (κ3) is 4.77. The van der Waals surface area contributed by atoms with Crippen molar-refractivity contribution in [2.45, 2.75) is 13.2 Å². The zero-order valence-corrected chi connectivity index (χ0v) is 12.5. The molecule has 0 aliphatic rings. The number of nitrogens with one attached hydrogen (secondary N) is 1. The molecule has 0 fully saturated rings. The summed E-state index contributed by atoms with van der Waals surface area (Å²) >= 11 is 6.07. The lowest BCUT2D eigenvalue weighted by Crippen LogP contribution is -2.36. The number of amides is 2. The van der Waals surface area contributed by atoms with Gasteiger partial charge in [0.15, 0.2) is 0 Å². The molecule has 0 saturated heterocycles. The summed E-state index contributed by atoms with van der Waals surface area (Å²) in [5.41, 5.74) is 4.30. The average Bonchev–Trinajstić information content (AvgIpc) is 2.50. The highest BCUT2D eigenvalue weighted by molar-refractivity contribution is 6.31. The third-order valence-electron chi connectivity index (χ3n) is 2.95. The van der Waals surface area contributed by atoms with Gasteiger partial charge in [-0.25, -0.2) is 10.3 Å². The van der Waals surface area contributed by atoms with Crippen LogP contribution in [0.2, 0.25) is 5.02 Å². The Morgan fingerprint density at radius 2 is 1.81 bits per heavy atom. The van der Waals surface area contributed by atoms with Crippen molar-refractivity contribution in [1.29, 1.82) is 0 Å². The lowest BCUT2D eigenvalue weighted by atomic mass is 10.2. The fraction of sp³-hybridized carbons (Fsp3) is 0.188. The molecule has 1 N–H and O–H groups in total. The van der Waals surface area contributed by atoms with Crippen molar-refractivity contribution in [2.75, 3.05) is 7.05 Å². The molecule has 2 amide bonds. The number of halogens is 1. The van der Waals surface area contributed by atoms with E-state index in [0.717, 1.165) is 11.1 Å². The van der Waals surface area contributed by atoms with Gasteiger partial charge in [-0.1, -0.05) is 60.1 Å². The van der Waals surface area contributed by atoms with Gasteiger partial charge in [-0.15, -0.1) is 0 Å². The van der Waals surface area contributed by atoms with Crippen LogP contribution in [-0.2, 0) is 18.0 Å². The molecular weight excluding hydrogens is 288 g/mol. The molecule has 2 aromatic carbocycles. The largest absolute Gasteiger partial charge is 0.341 e. The normalized spacial score (nSPS) is 10.2. The first-order valence-electron chi connectivity index (χ1n) is 6.57. The van der Waals surface area contributed by atoms with Crippen LogP contribution in [0.15, 0.2) is 54.6 Å². The van der Waals surface area contributed by atoms with Crippen molar-refractivity contribution in [3.05, 3.63) is 70.7 Å². The van der Waals surface area contributed by atoms with E-state index in [2.05, 4.69) is 5.48 Å². The molecule has 21 heavy (non-hydrogen) atoms. The summed E-state index contributed by atoms with van der Waals surface area (Å²) in [4.78, 5) is 18.6. The minimum atomic E-state index is -0.314. The minimum absolute atomic E-state index is 0.314. The van der Waals surface area contributed by atoms with Gasteiger partial charge in [-0.3, -0.25) is 4.84 Å². The summed E-state index contributed by atoms with van der Waals surface area (Å²) in [6.07, 6.45) is 0. The molecule has 5 heteroatoms. The van der Waals surface area contributed by atoms with E-state index in [1.54, 1.807) is 13.1 Å². The Kier molecular flexibility index (Phi) is 5.60. The molecule has 0 unspecified atom stereocenters. The summed E-state index contributed by atoms with van der Waals surface area (Å²) in [5.74, 6) is 0. The molecule has 0 saturated carbocycles. The summed E-state index contributed by atoms with van der Waals surface area (Å²) in [5, 5.41) is 0.641. The van der Waals surface area contributed by atoms with Crippen molar-refractivity contribution in [2.24, 2.45) is 0 Å². The highest BCUT2D eigenvalue weighted by Gasteiger charge is 2.10. The fourth-order valence-electron chi connectivity index (χ4n) is 1.79. The number of benzene rings is 2. The maximum Gasteiger partial charge on any atom is 0.341 e. The fourth-order valence-corrected chi connectivity index (χ4v) is 1.98. The molecule has 0 heterocycles. The Bertz CT molecular complexity index is 590. The molecule has 4 nitrogen and oxygen atoms in total. The van der Waals surface area contributed by atoms with E-state index in [0.29, 0.717) is 18.2 Å². The number of hydrogen-bond acceptors (Lipinski definition) is 2. The highest BCUT2D eigenvalue weighted by atomic mass is 35.5. The van der Waals surface area contributed by atoms with Crippen molar-refractivity contribution in [3.8, 4) is 0 Å². The summed E-state index contributed by atoms with van der Waals surface area (Å²) in [6, 6.07) is 16.7. The third-order valence-corrected chi connectivity index (χ3v) is 3.32. The average molecular weight is 305 g/mol. The number of hydrogen-bond donors (Lipinski definition) is 1. The van der Waals surface area contributed by atoms with E-state index in [9.17, 15) is 4.79 Å². The molecule has 0 atom stereocenters. The van der Waals surface area contributed by atoms with Gasteiger partial charge in [0.05, 0.1) is 6.61 Å². The molecule has 0 bridgehead atoms. The Labute approximate surface area is 129 Å². The molecular formula is C16H17ClN2O2. The van der Waals surface area contributed by atoms with E-state index < -0.39 is 0 Å². The van der Waals surface area contributed by atoms with Gasteiger partial charge in [-0.05, 0) is 17.2 Å². The lowest BCUT2D eigenvalue weighted by Gasteiger charge is -2.18. The Morgan fingerprint density at radius 1 is 1.14 bits per heavy atom. The number of carbonyl (C=O) groups excluding carboxylic acids is 1. The quantitative estimate of drug-likeness (QED) is 0.857. The van der Waals surface area contributed by atoms with Crippen LogP contribution < -0.4 is 5.48 Å². The van der Waals surface area contributed by atoms with Crippen molar-refractivity contribution in [3.63, 3.8) is 0 Å². The van der Waals surface area contributed by atoms with E-state index >= 15 is 0 Å². The minimum Gasteiger partial charge on any atom is -0.322 e. The smallest absolute Gasteiger partial charge is 0.322 e. The van der Waals surface area contributed by atoms with Gasteiger partial charge >= 0.3 is 6.03 Å².